The van der Waals surface area contributed by atoms with Crippen molar-refractivity contribution in [3.05, 3.63) is 30.1 Å². The van der Waals surface area contributed by atoms with Gasteiger partial charge in [-0.1, -0.05) is 12.1 Å². The van der Waals surface area contributed by atoms with Crippen molar-refractivity contribution < 1.29 is 24.2 Å². The number of H-pyrrole nitrogens is 1. The standard InChI is InChI=1S/C21H28N4O3S.CH2O2/c26-20(12-28-11-19-24-17-3-1-2-4-18(17)25-19)22-15-7-5-14(6-8-15)21(27)23-16-9-10-29-13-16;2-1-3/h1-4,14-16H,5-13H2,(H,22,26)(H,23,27)(H,24,25);1H,(H,2,3). The molecule has 4 N–H and O–H groups in total. The van der Waals surface area contributed by atoms with Crippen LogP contribution in [-0.4, -0.2) is 63.6 Å². The van der Waals surface area contributed by atoms with Crippen molar-refractivity contribution in [2.45, 2.75) is 50.8 Å². The Morgan fingerprint density at radius 3 is 2.59 bits per heavy atom. The van der Waals surface area contributed by atoms with E-state index in [4.69, 9.17) is 14.6 Å². The summed E-state index contributed by atoms with van der Waals surface area (Å²) in [5, 5.41) is 13.1. The predicted octanol–water partition coefficient (Wildman–Crippen LogP) is 2.08. The molecule has 1 unspecified atom stereocenters. The van der Waals surface area contributed by atoms with Crippen molar-refractivity contribution in [2.24, 2.45) is 5.92 Å². The number of carbonyl (C=O) groups excluding carboxylic acids is 2. The second kappa shape index (κ2) is 12.4. The van der Waals surface area contributed by atoms with Gasteiger partial charge in [0.25, 0.3) is 6.47 Å². The SMILES string of the molecule is O=C(COCc1nc2ccccc2[nH]1)NC1CCC(C(=O)NC2CCSC2)CC1.O=CO. The number of fused-ring (bicyclic) bond motifs is 1. The summed E-state index contributed by atoms with van der Waals surface area (Å²) >= 11 is 1.90. The van der Waals surface area contributed by atoms with Gasteiger partial charge in [-0.2, -0.15) is 11.8 Å². The maximum Gasteiger partial charge on any atom is 0.290 e. The Morgan fingerprint density at radius 1 is 1.16 bits per heavy atom. The van der Waals surface area contributed by atoms with Gasteiger partial charge < -0.3 is 25.5 Å². The minimum atomic E-state index is -0.250. The maximum atomic E-state index is 12.4. The molecule has 2 heterocycles. The predicted molar refractivity (Wildman–Crippen MR) is 122 cm³/mol. The summed E-state index contributed by atoms with van der Waals surface area (Å²) in [6.45, 7) is 0.0330. The molecule has 1 aliphatic carbocycles. The van der Waals surface area contributed by atoms with Crippen LogP contribution in [-0.2, 0) is 25.7 Å². The lowest BCUT2D eigenvalue weighted by atomic mass is 9.85. The topological polar surface area (TPSA) is 133 Å². The number of para-hydroxylation sites is 2. The number of amides is 2. The molecular formula is C22H30N4O5S. The second-order valence-electron chi connectivity index (χ2n) is 7.98. The normalized spacial score (nSPS) is 22.6. The molecule has 0 radical (unpaired) electrons. The molecule has 2 amide bonds. The molecule has 9 nitrogen and oxygen atoms in total. The van der Waals surface area contributed by atoms with E-state index in [0.717, 1.165) is 54.6 Å². The van der Waals surface area contributed by atoms with Crippen LogP contribution in [0.2, 0.25) is 0 Å². The van der Waals surface area contributed by atoms with E-state index < -0.39 is 0 Å². The van der Waals surface area contributed by atoms with Crippen LogP contribution in [0.4, 0.5) is 0 Å². The third-order valence-electron chi connectivity index (χ3n) is 5.65. The molecule has 2 fully saturated rings. The lowest BCUT2D eigenvalue weighted by Gasteiger charge is -2.29. The molecule has 1 saturated heterocycles. The van der Waals surface area contributed by atoms with Crippen LogP contribution in [0.15, 0.2) is 24.3 Å². The molecule has 32 heavy (non-hydrogen) atoms. The summed E-state index contributed by atoms with van der Waals surface area (Å²) < 4.78 is 5.51. The van der Waals surface area contributed by atoms with Crippen LogP contribution in [0, 0.1) is 5.92 Å². The van der Waals surface area contributed by atoms with Crippen LogP contribution in [0.3, 0.4) is 0 Å². The van der Waals surface area contributed by atoms with Gasteiger partial charge in [-0.25, -0.2) is 4.98 Å². The first kappa shape index (κ1) is 24.1. The number of imidazole rings is 1. The van der Waals surface area contributed by atoms with E-state index in [-0.39, 0.29) is 43.5 Å². The van der Waals surface area contributed by atoms with Crippen LogP contribution in [0.1, 0.15) is 37.9 Å². The van der Waals surface area contributed by atoms with Crippen LogP contribution < -0.4 is 10.6 Å². The molecule has 2 aromatic rings. The number of ether oxygens (including phenoxy) is 1. The highest BCUT2D eigenvalue weighted by atomic mass is 32.2. The third kappa shape index (κ3) is 7.23. The number of rotatable bonds is 7. The average Bonchev–Trinajstić information content (AvgIpc) is 3.44. The molecule has 2 aliphatic rings. The number of hydrogen-bond acceptors (Lipinski definition) is 6. The van der Waals surface area contributed by atoms with Crippen molar-refractivity contribution in [1.82, 2.24) is 20.6 Å². The lowest BCUT2D eigenvalue weighted by molar-refractivity contribution is -0.128. The van der Waals surface area contributed by atoms with Gasteiger partial charge in [0.15, 0.2) is 0 Å². The number of carbonyl (C=O) groups is 3. The maximum absolute atomic E-state index is 12.4. The highest BCUT2D eigenvalue weighted by Gasteiger charge is 2.29. The molecule has 0 spiro atoms. The van der Waals surface area contributed by atoms with E-state index in [2.05, 4.69) is 20.6 Å². The molecule has 1 aromatic heterocycles. The zero-order valence-electron chi connectivity index (χ0n) is 17.9. The van der Waals surface area contributed by atoms with Gasteiger partial charge in [0.2, 0.25) is 11.8 Å². The van der Waals surface area contributed by atoms with Crippen molar-refractivity contribution in [1.29, 1.82) is 0 Å². The Hall–Kier alpha value is -2.59. The van der Waals surface area contributed by atoms with Crippen molar-refractivity contribution in [3.8, 4) is 0 Å². The van der Waals surface area contributed by atoms with Gasteiger partial charge in [-0.3, -0.25) is 14.4 Å². The van der Waals surface area contributed by atoms with E-state index in [9.17, 15) is 9.59 Å². The fourth-order valence-electron chi connectivity index (χ4n) is 4.05. The fourth-order valence-corrected chi connectivity index (χ4v) is 5.20. The number of nitrogens with zero attached hydrogens (tertiary/aromatic N) is 1. The van der Waals surface area contributed by atoms with E-state index in [0.29, 0.717) is 11.9 Å². The van der Waals surface area contributed by atoms with Crippen LogP contribution in [0.5, 0.6) is 0 Å². The smallest absolute Gasteiger partial charge is 0.290 e. The summed E-state index contributed by atoms with van der Waals surface area (Å²) in [5.74, 6) is 3.05. The van der Waals surface area contributed by atoms with E-state index in [1.165, 1.54) is 0 Å². The van der Waals surface area contributed by atoms with Crippen molar-refractivity contribution >= 4 is 41.1 Å². The summed E-state index contributed by atoms with van der Waals surface area (Å²) in [6.07, 6.45) is 4.42. The fraction of sp³-hybridized carbons (Fsp3) is 0.545. The third-order valence-corrected chi connectivity index (χ3v) is 6.81. The Balaban J connectivity index is 0.000000913. The minimum Gasteiger partial charge on any atom is -0.483 e. The molecular weight excluding hydrogens is 432 g/mol. The average molecular weight is 463 g/mol. The van der Waals surface area contributed by atoms with Gasteiger partial charge in [-0.15, -0.1) is 0 Å². The Bertz CT molecular complexity index is 858. The molecule has 10 heteroatoms. The van der Waals surface area contributed by atoms with Crippen LogP contribution in [0.25, 0.3) is 11.0 Å². The Labute approximate surface area is 191 Å². The number of carboxylic acid groups (broad SMARTS) is 1. The summed E-state index contributed by atoms with van der Waals surface area (Å²) in [5.41, 5.74) is 1.85. The van der Waals surface area contributed by atoms with Gasteiger partial charge in [0.1, 0.15) is 19.0 Å². The first-order valence-corrected chi connectivity index (χ1v) is 12.0. The zero-order chi connectivity index (χ0) is 22.8. The first-order valence-electron chi connectivity index (χ1n) is 10.9. The van der Waals surface area contributed by atoms with E-state index >= 15 is 0 Å². The first-order chi connectivity index (χ1) is 15.6. The molecule has 1 atom stereocenters. The Kier molecular flexibility index (Phi) is 9.36. The largest absolute Gasteiger partial charge is 0.483 e. The number of aromatic amines is 1. The summed E-state index contributed by atoms with van der Waals surface area (Å²) in [4.78, 5) is 40.5. The quantitative estimate of drug-likeness (QED) is 0.463. The highest BCUT2D eigenvalue weighted by molar-refractivity contribution is 7.99. The van der Waals surface area contributed by atoms with E-state index in [1.807, 2.05) is 36.0 Å². The van der Waals surface area contributed by atoms with Gasteiger partial charge in [0.05, 0.1) is 11.0 Å². The zero-order valence-corrected chi connectivity index (χ0v) is 18.7. The second-order valence-corrected chi connectivity index (χ2v) is 9.13. The Morgan fingerprint density at radius 2 is 1.91 bits per heavy atom. The summed E-state index contributed by atoms with van der Waals surface area (Å²) in [6, 6.07) is 8.25. The number of thioether (sulfide) groups is 1. The van der Waals surface area contributed by atoms with E-state index in [1.54, 1.807) is 0 Å². The monoisotopic (exact) mass is 462 g/mol. The van der Waals surface area contributed by atoms with Crippen LogP contribution >= 0.6 is 11.8 Å². The number of benzene rings is 1. The molecule has 174 valence electrons. The highest BCUT2D eigenvalue weighted by Crippen LogP contribution is 2.25. The lowest BCUT2D eigenvalue weighted by Crippen LogP contribution is -2.44. The molecule has 0 bridgehead atoms. The summed E-state index contributed by atoms with van der Waals surface area (Å²) in [7, 11) is 0. The molecule has 1 aliphatic heterocycles. The van der Waals surface area contributed by atoms with Crippen molar-refractivity contribution in [2.75, 3.05) is 18.1 Å². The molecule has 1 saturated carbocycles. The number of hydrogen-bond donors (Lipinski definition) is 4. The molecule has 1 aromatic carbocycles. The van der Waals surface area contributed by atoms with Gasteiger partial charge >= 0.3 is 0 Å². The molecule has 4 rings (SSSR count). The minimum absolute atomic E-state index is 0.0107. The van der Waals surface area contributed by atoms with Gasteiger partial charge in [0, 0.05) is 23.8 Å². The van der Waals surface area contributed by atoms with Crippen molar-refractivity contribution in [3.63, 3.8) is 0 Å². The van der Waals surface area contributed by atoms with Gasteiger partial charge in [-0.05, 0) is 50.0 Å². The number of nitrogens with one attached hydrogen (secondary N) is 3. The number of aromatic nitrogens is 2.